The van der Waals surface area contributed by atoms with E-state index in [9.17, 15) is 4.79 Å². The Morgan fingerprint density at radius 2 is 1.79 bits per heavy atom. The summed E-state index contributed by atoms with van der Waals surface area (Å²) in [6, 6.07) is 17.9. The van der Waals surface area contributed by atoms with Crippen LogP contribution in [0.1, 0.15) is 10.4 Å². The van der Waals surface area contributed by atoms with Gasteiger partial charge in [-0.1, -0.05) is 42.5 Å². The minimum absolute atomic E-state index is 0.0471. The predicted molar refractivity (Wildman–Crippen MR) is 101 cm³/mol. The van der Waals surface area contributed by atoms with Crippen LogP contribution in [0.4, 0.5) is 0 Å². The number of H-pyrrole nitrogens is 1. The summed E-state index contributed by atoms with van der Waals surface area (Å²) in [6.45, 7) is 0. The number of rotatable bonds is 1. The fraction of sp³-hybridized carbons (Fsp3) is 0.0526. The van der Waals surface area contributed by atoms with Gasteiger partial charge in [0.2, 0.25) is 0 Å². The molecule has 2 aromatic carbocycles. The van der Waals surface area contributed by atoms with Crippen LogP contribution in [-0.2, 0) is 6.42 Å². The lowest BCUT2D eigenvalue weighted by Gasteiger charge is -2.07. The Bertz CT molecular complexity index is 1220. The van der Waals surface area contributed by atoms with Crippen molar-refractivity contribution in [3.63, 3.8) is 0 Å². The van der Waals surface area contributed by atoms with E-state index in [2.05, 4.69) is 17.1 Å². The summed E-state index contributed by atoms with van der Waals surface area (Å²) < 4.78 is 2.03. The second kappa shape index (κ2) is 5.00. The van der Waals surface area contributed by atoms with Crippen molar-refractivity contribution in [2.45, 2.75) is 6.42 Å². The molecule has 5 heteroatoms. The van der Waals surface area contributed by atoms with Gasteiger partial charge in [0.15, 0.2) is 4.77 Å². The smallest absolute Gasteiger partial charge is 0.268 e. The molecular formula is C19H12N2OS2. The van der Waals surface area contributed by atoms with Crippen LogP contribution in [-0.4, -0.2) is 9.55 Å². The van der Waals surface area contributed by atoms with Crippen molar-refractivity contribution in [1.82, 2.24) is 9.55 Å². The van der Waals surface area contributed by atoms with Gasteiger partial charge in [0, 0.05) is 16.9 Å². The average molecular weight is 348 g/mol. The first-order chi connectivity index (χ1) is 11.7. The molecule has 3 nitrogen and oxygen atoms in total. The normalized spacial score (nSPS) is 12.3. The van der Waals surface area contributed by atoms with Crippen LogP contribution in [0.2, 0.25) is 0 Å². The molecule has 0 unspecified atom stereocenters. The van der Waals surface area contributed by atoms with Crippen LogP contribution in [0.15, 0.2) is 59.4 Å². The zero-order chi connectivity index (χ0) is 16.3. The van der Waals surface area contributed by atoms with Crippen molar-refractivity contribution in [3.8, 4) is 16.8 Å². The van der Waals surface area contributed by atoms with E-state index in [1.165, 1.54) is 16.0 Å². The third kappa shape index (κ3) is 1.82. The molecule has 1 aliphatic carbocycles. The van der Waals surface area contributed by atoms with Gasteiger partial charge >= 0.3 is 0 Å². The number of nitrogens with one attached hydrogen (secondary N) is 1. The SMILES string of the molecule is O=c1c2c3c(sc2[nH]c(=S)n1-c1ccccc1)Cc1ccccc1-3. The average Bonchev–Trinajstić information content (AvgIpc) is 3.11. The van der Waals surface area contributed by atoms with E-state index >= 15 is 0 Å². The summed E-state index contributed by atoms with van der Waals surface area (Å²) >= 11 is 7.09. The molecule has 116 valence electrons. The molecule has 0 atom stereocenters. The van der Waals surface area contributed by atoms with Crippen LogP contribution < -0.4 is 5.56 Å². The predicted octanol–water partition coefficient (Wildman–Crippen LogP) is 4.68. The Morgan fingerprint density at radius 3 is 2.62 bits per heavy atom. The van der Waals surface area contributed by atoms with Gasteiger partial charge in [-0.15, -0.1) is 11.3 Å². The van der Waals surface area contributed by atoms with Crippen LogP contribution in [0.3, 0.4) is 0 Å². The summed E-state index contributed by atoms with van der Waals surface area (Å²) in [4.78, 5) is 18.6. The van der Waals surface area contributed by atoms with Crippen LogP contribution in [0, 0.1) is 4.77 Å². The molecule has 2 aromatic heterocycles. The topological polar surface area (TPSA) is 37.8 Å². The number of para-hydroxylation sites is 1. The molecule has 2 heterocycles. The van der Waals surface area contributed by atoms with E-state index in [0.29, 0.717) is 4.77 Å². The van der Waals surface area contributed by atoms with Crippen molar-refractivity contribution in [1.29, 1.82) is 0 Å². The van der Waals surface area contributed by atoms with E-state index in [0.717, 1.165) is 27.9 Å². The number of thiophene rings is 1. The molecule has 4 aromatic rings. The van der Waals surface area contributed by atoms with Gasteiger partial charge in [-0.05, 0) is 35.5 Å². The minimum atomic E-state index is -0.0471. The molecule has 0 spiro atoms. The number of benzene rings is 2. The van der Waals surface area contributed by atoms with E-state index in [-0.39, 0.29) is 5.56 Å². The molecule has 1 aliphatic rings. The Balaban J connectivity index is 1.92. The largest absolute Gasteiger partial charge is 0.323 e. The lowest BCUT2D eigenvalue weighted by Crippen LogP contribution is -2.20. The van der Waals surface area contributed by atoms with Crippen LogP contribution in [0.25, 0.3) is 27.0 Å². The quantitative estimate of drug-likeness (QED) is 0.447. The first kappa shape index (κ1) is 13.9. The van der Waals surface area contributed by atoms with E-state index < -0.39 is 0 Å². The number of aromatic amines is 1. The van der Waals surface area contributed by atoms with Gasteiger partial charge in [-0.25, -0.2) is 0 Å². The van der Waals surface area contributed by atoms with Crippen LogP contribution >= 0.6 is 23.6 Å². The second-order valence-electron chi connectivity index (χ2n) is 5.84. The molecule has 1 N–H and O–H groups in total. The molecule has 0 saturated heterocycles. The lowest BCUT2D eigenvalue weighted by molar-refractivity contribution is 0.944. The van der Waals surface area contributed by atoms with Gasteiger partial charge in [0.1, 0.15) is 4.83 Å². The fourth-order valence-electron chi connectivity index (χ4n) is 3.44. The lowest BCUT2D eigenvalue weighted by atomic mass is 10.1. The molecule has 5 rings (SSSR count). The van der Waals surface area contributed by atoms with Crippen molar-refractivity contribution >= 4 is 33.8 Å². The zero-order valence-electron chi connectivity index (χ0n) is 12.6. The summed E-state index contributed by atoms with van der Waals surface area (Å²) in [6.07, 6.45) is 0.885. The molecule has 24 heavy (non-hydrogen) atoms. The Hall–Kier alpha value is -2.50. The number of aromatic nitrogens is 2. The molecule has 0 fully saturated rings. The van der Waals surface area contributed by atoms with Crippen molar-refractivity contribution in [2.75, 3.05) is 0 Å². The number of hydrogen-bond donors (Lipinski definition) is 1. The summed E-state index contributed by atoms with van der Waals surface area (Å²) in [5, 5.41) is 0.748. The molecule has 0 amide bonds. The second-order valence-corrected chi connectivity index (χ2v) is 7.34. The standard InChI is InChI=1S/C19H12N2OS2/c22-18-16-15-13-9-5-4-6-11(13)10-14(15)24-17(16)20-19(23)21(18)12-7-2-1-3-8-12/h1-9H,10H2,(H,20,23). The first-order valence-electron chi connectivity index (χ1n) is 7.68. The summed E-state index contributed by atoms with van der Waals surface area (Å²) in [5.41, 5.74) is 4.27. The van der Waals surface area contributed by atoms with E-state index in [1.807, 2.05) is 42.5 Å². The van der Waals surface area contributed by atoms with Gasteiger partial charge < -0.3 is 4.98 Å². The zero-order valence-corrected chi connectivity index (χ0v) is 14.2. The Kier molecular flexibility index (Phi) is 2.89. The highest BCUT2D eigenvalue weighted by Gasteiger charge is 2.26. The Morgan fingerprint density at radius 1 is 1.04 bits per heavy atom. The van der Waals surface area contributed by atoms with Gasteiger partial charge in [-0.3, -0.25) is 9.36 Å². The minimum Gasteiger partial charge on any atom is -0.323 e. The van der Waals surface area contributed by atoms with E-state index in [1.54, 1.807) is 15.9 Å². The van der Waals surface area contributed by atoms with Gasteiger partial charge in [0.25, 0.3) is 5.56 Å². The molecule has 0 radical (unpaired) electrons. The molecule has 0 bridgehead atoms. The summed E-state index contributed by atoms with van der Waals surface area (Å²) in [7, 11) is 0. The number of hydrogen-bond acceptors (Lipinski definition) is 3. The Labute approximate surface area is 146 Å². The maximum absolute atomic E-state index is 13.3. The van der Waals surface area contributed by atoms with Gasteiger partial charge in [-0.2, -0.15) is 0 Å². The maximum Gasteiger partial charge on any atom is 0.268 e. The van der Waals surface area contributed by atoms with Crippen LogP contribution in [0.5, 0.6) is 0 Å². The monoisotopic (exact) mass is 348 g/mol. The van der Waals surface area contributed by atoms with E-state index in [4.69, 9.17) is 12.2 Å². The third-order valence-electron chi connectivity index (χ3n) is 4.47. The third-order valence-corrected chi connectivity index (χ3v) is 5.86. The molecule has 0 saturated carbocycles. The fourth-order valence-corrected chi connectivity index (χ4v) is 5.02. The van der Waals surface area contributed by atoms with Crippen molar-refractivity contribution < 1.29 is 0 Å². The maximum atomic E-state index is 13.3. The molecular weight excluding hydrogens is 336 g/mol. The first-order valence-corrected chi connectivity index (χ1v) is 8.91. The van der Waals surface area contributed by atoms with Crippen molar-refractivity contribution in [3.05, 3.63) is 80.2 Å². The summed E-state index contributed by atoms with van der Waals surface area (Å²) in [5.74, 6) is 0. The number of nitrogens with zero attached hydrogens (tertiary/aromatic N) is 1. The molecule has 0 aliphatic heterocycles. The highest BCUT2D eigenvalue weighted by molar-refractivity contribution is 7.71. The van der Waals surface area contributed by atoms with Crippen molar-refractivity contribution in [2.24, 2.45) is 0 Å². The van der Waals surface area contributed by atoms with Gasteiger partial charge in [0.05, 0.1) is 11.1 Å². The highest BCUT2D eigenvalue weighted by atomic mass is 32.1. The highest BCUT2D eigenvalue weighted by Crippen LogP contribution is 2.44. The number of fused-ring (bicyclic) bond motifs is 5.